The van der Waals surface area contributed by atoms with E-state index in [1.807, 2.05) is 18.2 Å². The highest BCUT2D eigenvalue weighted by atomic mass is 16.1. The first kappa shape index (κ1) is 9.85. The number of carbonyl (C=O) groups is 1. The molecule has 1 N–H and O–H groups in total. The van der Waals surface area contributed by atoms with Gasteiger partial charge in [0.15, 0.2) is 0 Å². The molecule has 1 aromatic heterocycles. The molecule has 3 rings (SSSR count). The Balaban J connectivity index is 2.26. The number of aromatic nitrogens is 1. The summed E-state index contributed by atoms with van der Waals surface area (Å²) in [5.74, 6) is 0. The Morgan fingerprint density at radius 2 is 1.76 bits per heavy atom. The molecule has 2 nitrogen and oxygen atoms in total. The first-order chi connectivity index (χ1) is 8.38. The predicted molar refractivity (Wildman–Crippen MR) is 70.9 cm³/mol. The molecule has 0 aliphatic heterocycles. The summed E-state index contributed by atoms with van der Waals surface area (Å²) < 4.78 is 0. The van der Waals surface area contributed by atoms with Gasteiger partial charge in [-0.05, 0) is 23.8 Å². The Morgan fingerprint density at radius 3 is 2.65 bits per heavy atom. The summed E-state index contributed by atoms with van der Waals surface area (Å²) in [5, 5.41) is 2.44. The number of aromatic amines is 1. The number of hydrogen-bond acceptors (Lipinski definition) is 1. The summed E-state index contributed by atoms with van der Waals surface area (Å²) in [6, 6.07) is 14.4. The fourth-order valence-corrected chi connectivity index (χ4v) is 2.13. The maximum atomic E-state index is 10.3. The van der Waals surface area contributed by atoms with Crippen molar-refractivity contribution in [1.82, 2.24) is 4.98 Å². The van der Waals surface area contributed by atoms with Gasteiger partial charge < -0.3 is 4.98 Å². The number of aldehydes is 1. The summed E-state index contributed by atoms with van der Waals surface area (Å²) in [7, 11) is 0. The number of nitrogens with one attached hydrogen (secondary N) is 1. The van der Waals surface area contributed by atoms with Crippen molar-refractivity contribution in [2.75, 3.05) is 0 Å². The molecule has 82 valence electrons. The zero-order valence-electron chi connectivity index (χ0n) is 9.18. The van der Waals surface area contributed by atoms with Crippen LogP contribution in [0.15, 0.2) is 48.5 Å². The molecule has 0 aliphatic rings. The Labute approximate surface area is 98.6 Å². The largest absolute Gasteiger partial charge is 0.354 e. The molecule has 2 heteroatoms. The number of para-hydroxylation sites is 1. The SMILES string of the molecule is O=CC=Cc1ccc2c(c1)[nH]c1ccccc12. The second-order valence-corrected chi connectivity index (χ2v) is 3.97. The summed E-state index contributed by atoms with van der Waals surface area (Å²) in [5.41, 5.74) is 3.26. The van der Waals surface area contributed by atoms with Crippen molar-refractivity contribution in [2.24, 2.45) is 0 Å². The van der Waals surface area contributed by atoms with E-state index in [9.17, 15) is 4.79 Å². The average Bonchev–Trinajstić information content (AvgIpc) is 2.74. The second-order valence-electron chi connectivity index (χ2n) is 3.97. The van der Waals surface area contributed by atoms with Crippen LogP contribution in [0, 0.1) is 0 Å². The topological polar surface area (TPSA) is 32.9 Å². The van der Waals surface area contributed by atoms with Crippen LogP contribution in [0.4, 0.5) is 0 Å². The zero-order valence-corrected chi connectivity index (χ0v) is 9.18. The predicted octanol–water partition coefficient (Wildman–Crippen LogP) is 3.53. The molecule has 17 heavy (non-hydrogen) atoms. The van der Waals surface area contributed by atoms with Gasteiger partial charge in [-0.15, -0.1) is 0 Å². The first-order valence-corrected chi connectivity index (χ1v) is 5.51. The fourth-order valence-electron chi connectivity index (χ4n) is 2.13. The van der Waals surface area contributed by atoms with Crippen molar-refractivity contribution in [3.8, 4) is 0 Å². The standard InChI is InChI=1S/C15H11NO/c17-9-3-4-11-7-8-13-12-5-1-2-6-14(12)16-15(13)10-11/h1-10,16H. The van der Waals surface area contributed by atoms with Gasteiger partial charge in [-0.1, -0.05) is 36.4 Å². The van der Waals surface area contributed by atoms with E-state index in [0.717, 1.165) is 22.9 Å². The maximum Gasteiger partial charge on any atom is 0.142 e. The molecule has 0 spiro atoms. The minimum absolute atomic E-state index is 0.787. The van der Waals surface area contributed by atoms with Crippen molar-refractivity contribution in [3.63, 3.8) is 0 Å². The number of fused-ring (bicyclic) bond motifs is 3. The van der Waals surface area contributed by atoms with Crippen molar-refractivity contribution >= 4 is 34.2 Å². The Morgan fingerprint density at radius 1 is 0.941 bits per heavy atom. The number of H-pyrrole nitrogens is 1. The van der Waals surface area contributed by atoms with Crippen LogP contribution in [-0.4, -0.2) is 11.3 Å². The fraction of sp³-hybridized carbons (Fsp3) is 0. The van der Waals surface area contributed by atoms with Crippen LogP contribution in [0.5, 0.6) is 0 Å². The monoisotopic (exact) mass is 221 g/mol. The van der Waals surface area contributed by atoms with Crippen LogP contribution in [0.2, 0.25) is 0 Å². The van der Waals surface area contributed by atoms with Gasteiger partial charge in [0.05, 0.1) is 0 Å². The Kier molecular flexibility index (Phi) is 2.26. The number of benzene rings is 2. The molecule has 0 bridgehead atoms. The summed E-state index contributed by atoms with van der Waals surface area (Å²) >= 11 is 0. The molecule has 0 saturated carbocycles. The highest BCUT2D eigenvalue weighted by Gasteiger charge is 2.02. The lowest BCUT2D eigenvalue weighted by atomic mass is 10.1. The van der Waals surface area contributed by atoms with Crippen LogP contribution in [-0.2, 0) is 4.79 Å². The second kappa shape index (κ2) is 3.91. The number of rotatable bonds is 2. The van der Waals surface area contributed by atoms with Crippen LogP contribution in [0.1, 0.15) is 5.56 Å². The van der Waals surface area contributed by atoms with Crippen molar-refractivity contribution < 1.29 is 4.79 Å². The molecule has 1 heterocycles. The molecule has 3 aromatic rings. The van der Waals surface area contributed by atoms with Crippen molar-refractivity contribution in [3.05, 3.63) is 54.1 Å². The zero-order chi connectivity index (χ0) is 11.7. The van der Waals surface area contributed by atoms with E-state index in [4.69, 9.17) is 0 Å². The molecule has 0 saturated heterocycles. The van der Waals surface area contributed by atoms with E-state index in [1.54, 1.807) is 6.08 Å². The molecule has 2 aromatic carbocycles. The summed E-state index contributed by atoms with van der Waals surface area (Å²) in [4.78, 5) is 13.7. The van der Waals surface area contributed by atoms with Gasteiger partial charge in [0.25, 0.3) is 0 Å². The molecule has 0 radical (unpaired) electrons. The van der Waals surface area contributed by atoms with Gasteiger partial charge in [-0.2, -0.15) is 0 Å². The lowest BCUT2D eigenvalue weighted by Gasteiger charge is -1.93. The van der Waals surface area contributed by atoms with Gasteiger partial charge in [0, 0.05) is 21.8 Å². The van der Waals surface area contributed by atoms with E-state index < -0.39 is 0 Å². The molecule has 0 unspecified atom stereocenters. The highest BCUT2D eigenvalue weighted by molar-refractivity contribution is 6.07. The summed E-state index contributed by atoms with van der Waals surface area (Å²) in [6.45, 7) is 0. The minimum atomic E-state index is 0.787. The molecule has 0 amide bonds. The lowest BCUT2D eigenvalue weighted by Crippen LogP contribution is -1.73. The average molecular weight is 221 g/mol. The molecule has 0 aliphatic carbocycles. The van der Waals surface area contributed by atoms with E-state index in [2.05, 4.69) is 29.2 Å². The van der Waals surface area contributed by atoms with E-state index >= 15 is 0 Å². The van der Waals surface area contributed by atoms with E-state index in [-0.39, 0.29) is 0 Å². The van der Waals surface area contributed by atoms with Gasteiger partial charge in [-0.25, -0.2) is 0 Å². The third-order valence-electron chi connectivity index (χ3n) is 2.90. The van der Waals surface area contributed by atoms with Crippen LogP contribution >= 0.6 is 0 Å². The quantitative estimate of drug-likeness (QED) is 0.521. The van der Waals surface area contributed by atoms with Crippen LogP contribution < -0.4 is 0 Å². The van der Waals surface area contributed by atoms with Gasteiger partial charge in [0.1, 0.15) is 6.29 Å². The molecule has 0 atom stereocenters. The third-order valence-corrected chi connectivity index (χ3v) is 2.90. The molecular formula is C15H11NO. The maximum absolute atomic E-state index is 10.3. The highest BCUT2D eigenvalue weighted by Crippen LogP contribution is 2.25. The summed E-state index contributed by atoms with van der Waals surface area (Å²) in [6.07, 6.45) is 4.09. The smallest absolute Gasteiger partial charge is 0.142 e. The number of allylic oxidation sites excluding steroid dienone is 1. The molecular weight excluding hydrogens is 210 g/mol. The Hall–Kier alpha value is -2.35. The van der Waals surface area contributed by atoms with Crippen molar-refractivity contribution in [1.29, 1.82) is 0 Å². The van der Waals surface area contributed by atoms with Crippen molar-refractivity contribution in [2.45, 2.75) is 0 Å². The van der Waals surface area contributed by atoms with E-state index in [0.29, 0.717) is 0 Å². The minimum Gasteiger partial charge on any atom is -0.354 e. The van der Waals surface area contributed by atoms with Gasteiger partial charge in [-0.3, -0.25) is 4.79 Å². The molecule has 0 fully saturated rings. The number of hydrogen-bond donors (Lipinski definition) is 1. The third kappa shape index (κ3) is 1.64. The Bertz CT molecular complexity index is 722. The van der Waals surface area contributed by atoms with Gasteiger partial charge >= 0.3 is 0 Å². The number of carbonyl (C=O) groups excluding carboxylic acids is 1. The van der Waals surface area contributed by atoms with Crippen LogP contribution in [0.3, 0.4) is 0 Å². The van der Waals surface area contributed by atoms with Crippen LogP contribution in [0.25, 0.3) is 27.9 Å². The normalized spacial score (nSPS) is 11.5. The lowest BCUT2D eigenvalue weighted by molar-refractivity contribution is -0.104. The van der Waals surface area contributed by atoms with E-state index in [1.165, 1.54) is 16.8 Å². The van der Waals surface area contributed by atoms with Gasteiger partial charge in [0.2, 0.25) is 0 Å². The first-order valence-electron chi connectivity index (χ1n) is 5.51.